The highest BCUT2D eigenvalue weighted by Crippen LogP contribution is 2.28. The standard InChI is InChI=1S/C24H21N3OS/c1-17-22(29-24(26-17)18-10-4-2-5-11-18)16-25-23(28)20-14-8-9-15-21(20)27-19-12-6-3-7-13-19/h2-15,27H,16H2,1H3,(H,25,28). The van der Waals surface area contributed by atoms with Crippen LogP contribution < -0.4 is 10.6 Å². The number of hydrogen-bond donors (Lipinski definition) is 2. The normalized spacial score (nSPS) is 10.5. The summed E-state index contributed by atoms with van der Waals surface area (Å²) in [5, 5.41) is 7.33. The molecule has 0 aliphatic heterocycles. The Morgan fingerprint density at radius 2 is 1.55 bits per heavy atom. The summed E-state index contributed by atoms with van der Waals surface area (Å²) in [6.45, 7) is 2.43. The second-order valence-electron chi connectivity index (χ2n) is 6.61. The van der Waals surface area contributed by atoms with E-state index in [2.05, 4.69) is 15.6 Å². The van der Waals surface area contributed by atoms with Crippen LogP contribution in [0.5, 0.6) is 0 Å². The van der Waals surface area contributed by atoms with Crippen molar-refractivity contribution in [2.75, 3.05) is 5.32 Å². The minimum Gasteiger partial charge on any atom is -0.355 e. The highest BCUT2D eigenvalue weighted by molar-refractivity contribution is 7.15. The van der Waals surface area contributed by atoms with E-state index in [-0.39, 0.29) is 5.91 Å². The smallest absolute Gasteiger partial charge is 0.253 e. The predicted octanol–water partition coefficient (Wildman–Crippen LogP) is 5.79. The molecule has 0 aliphatic carbocycles. The van der Waals surface area contributed by atoms with Crippen molar-refractivity contribution in [2.24, 2.45) is 0 Å². The fourth-order valence-electron chi connectivity index (χ4n) is 3.02. The van der Waals surface area contributed by atoms with Crippen molar-refractivity contribution in [2.45, 2.75) is 13.5 Å². The Bertz CT molecular complexity index is 1110. The summed E-state index contributed by atoms with van der Waals surface area (Å²) < 4.78 is 0. The van der Waals surface area contributed by atoms with Gasteiger partial charge in [0.15, 0.2) is 0 Å². The summed E-state index contributed by atoms with van der Waals surface area (Å²) >= 11 is 1.62. The zero-order valence-corrected chi connectivity index (χ0v) is 16.9. The van der Waals surface area contributed by atoms with E-state index in [1.807, 2.05) is 91.9 Å². The van der Waals surface area contributed by atoms with E-state index in [0.29, 0.717) is 12.1 Å². The molecule has 0 saturated carbocycles. The Kier molecular flexibility index (Phi) is 5.68. The van der Waals surface area contributed by atoms with Crippen LogP contribution in [0.15, 0.2) is 84.9 Å². The van der Waals surface area contributed by atoms with Crippen LogP contribution in [0.2, 0.25) is 0 Å². The topological polar surface area (TPSA) is 54.0 Å². The molecule has 2 N–H and O–H groups in total. The Balaban J connectivity index is 1.48. The average molecular weight is 400 g/mol. The van der Waals surface area contributed by atoms with Crippen molar-refractivity contribution in [1.82, 2.24) is 10.3 Å². The van der Waals surface area contributed by atoms with Crippen LogP contribution in [0, 0.1) is 6.92 Å². The molecule has 0 fully saturated rings. The Labute approximate surface area is 174 Å². The fraction of sp³-hybridized carbons (Fsp3) is 0.0833. The van der Waals surface area contributed by atoms with Crippen molar-refractivity contribution in [3.05, 3.63) is 101 Å². The van der Waals surface area contributed by atoms with Gasteiger partial charge >= 0.3 is 0 Å². The second-order valence-corrected chi connectivity index (χ2v) is 7.70. The van der Waals surface area contributed by atoms with Gasteiger partial charge in [-0.25, -0.2) is 4.98 Å². The van der Waals surface area contributed by atoms with E-state index >= 15 is 0 Å². The van der Waals surface area contributed by atoms with Gasteiger partial charge in [-0.1, -0.05) is 60.7 Å². The number of amides is 1. The van der Waals surface area contributed by atoms with E-state index < -0.39 is 0 Å². The Morgan fingerprint density at radius 3 is 2.31 bits per heavy atom. The van der Waals surface area contributed by atoms with Gasteiger partial charge in [0.05, 0.1) is 23.5 Å². The van der Waals surface area contributed by atoms with Crippen molar-refractivity contribution in [3.8, 4) is 10.6 Å². The number of carbonyl (C=O) groups excluding carboxylic acids is 1. The average Bonchev–Trinajstić information content (AvgIpc) is 3.14. The SMILES string of the molecule is Cc1nc(-c2ccccc2)sc1CNC(=O)c1ccccc1Nc1ccccc1. The van der Waals surface area contributed by atoms with Crippen LogP contribution in [0.3, 0.4) is 0 Å². The minimum atomic E-state index is -0.113. The molecule has 5 heteroatoms. The van der Waals surface area contributed by atoms with Crippen LogP contribution >= 0.6 is 11.3 Å². The summed E-state index contributed by atoms with van der Waals surface area (Å²) in [4.78, 5) is 18.6. The first kappa shape index (κ1) is 18.9. The van der Waals surface area contributed by atoms with Crippen molar-refractivity contribution in [3.63, 3.8) is 0 Å². The van der Waals surface area contributed by atoms with Gasteiger partial charge in [-0.05, 0) is 31.2 Å². The maximum atomic E-state index is 12.9. The van der Waals surface area contributed by atoms with E-state index in [4.69, 9.17) is 0 Å². The molecule has 4 aromatic rings. The molecule has 0 saturated heterocycles. The van der Waals surface area contributed by atoms with Gasteiger partial charge in [0.25, 0.3) is 5.91 Å². The first-order valence-electron chi connectivity index (χ1n) is 9.42. The summed E-state index contributed by atoms with van der Waals surface area (Å²) in [5.41, 5.74) is 4.38. The molecule has 0 radical (unpaired) electrons. The number of carbonyl (C=O) groups is 1. The number of benzene rings is 3. The molecule has 1 amide bonds. The lowest BCUT2D eigenvalue weighted by atomic mass is 10.1. The van der Waals surface area contributed by atoms with Crippen LogP contribution in [-0.4, -0.2) is 10.9 Å². The molecule has 3 aromatic carbocycles. The summed E-state index contributed by atoms with van der Waals surface area (Å²) in [6.07, 6.45) is 0. The lowest BCUT2D eigenvalue weighted by molar-refractivity contribution is 0.0952. The molecule has 29 heavy (non-hydrogen) atoms. The summed E-state index contributed by atoms with van der Waals surface area (Å²) in [7, 11) is 0. The van der Waals surface area contributed by atoms with Crippen LogP contribution in [0.1, 0.15) is 20.9 Å². The highest BCUT2D eigenvalue weighted by atomic mass is 32.1. The number of hydrogen-bond acceptors (Lipinski definition) is 4. The molecule has 144 valence electrons. The lowest BCUT2D eigenvalue weighted by Crippen LogP contribution is -2.23. The molecule has 0 bridgehead atoms. The van der Waals surface area contributed by atoms with E-state index in [9.17, 15) is 4.79 Å². The molecule has 1 aromatic heterocycles. The number of aryl methyl sites for hydroxylation is 1. The van der Waals surface area contributed by atoms with Crippen LogP contribution in [0.4, 0.5) is 11.4 Å². The number of thiazole rings is 1. The van der Waals surface area contributed by atoms with Crippen molar-refractivity contribution >= 4 is 28.6 Å². The number of anilines is 2. The van der Waals surface area contributed by atoms with Gasteiger partial charge in [0, 0.05) is 16.1 Å². The van der Waals surface area contributed by atoms with E-state index in [1.54, 1.807) is 11.3 Å². The fourth-order valence-corrected chi connectivity index (χ4v) is 4.03. The molecule has 0 aliphatic rings. The third kappa shape index (κ3) is 4.52. The van der Waals surface area contributed by atoms with Gasteiger partial charge in [-0.2, -0.15) is 0 Å². The molecular formula is C24H21N3OS. The zero-order chi connectivity index (χ0) is 20.1. The minimum absolute atomic E-state index is 0.113. The second kappa shape index (κ2) is 8.71. The molecular weight excluding hydrogens is 378 g/mol. The third-order valence-corrected chi connectivity index (χ3v) is 5.75. The number of aromatic nitrogens is 1. The van der Waals surface area contributed by atoms with Crippen molar-refractivity contribution < 1.29 is 4.79 Å². The van der Waals surface area contributed by atoms with Gasteiger partial charge in [0.2, 0.25) is 0 Å². The summed E-state index contributed by atoms with van der Waals surface area (Å²) in [6, 6.07) is 27.5. The highest BCUT2D eigenvalue weighted by Gasteiger charge is 2.14. The first-order valence-corrected chi connectivity index (χ1v) is 10.2. The first-order chi connectivity index (χ1) is 14.2. The third-order valence-electron chi connectivity index (χ3n) is 4.55. The molecule has 4 nitrogen and oxygen atoms in total. The molecule has 1 heterocycles. The largest absolute Gasteiger partial charge is 0.355 e. The molecule has 4 rings (SSSR count). The predicted molar refractivity (Wildman–Crippen MR) is 120 cm³/mol. The molecule has 0 atom stereocenters. The van der Waals surface area contributed by atoms with Crippen LogP contribution in [-0.2, 0) is 6.54 Å². The van der Waals surface area contributed by atoms with Gasteiger partial charge < -0.3 is 10.6 Å². The monoisotopic (exact) mass is 399 g/mol. The summed E-state index contributed by atoms with van der Waals surface area (Å²) in [5.74, 6) is -0.113. The maximum Gasteiger partial charge on any atom is 0.253 e. The molecule has 0 spiro atoms. The number of nitrogens with one attached hydrogen (secondary N) is 2. The van der Waals surface area contributed by atoms with E-state index in [1.165, 1.54) is 0 Å². The number of para-hydroxylation sites is 2. The number of rotatable bonds is 6. The van der Waals surface area contributed by atoms with Crippen molar-refractivity contribution in [1.29, 1.82) is 0 Å². The van der Waals surface area contributed by atoms with Gasteiger partial charge in [0.1, 0.15) is 5.01 Å². The zero-order valence-electron chi connectivity index (χ0n) is 16.1. The van der Waals surface area contributed by atoms with Crippen LogP contribution in [0.25, 0.3) is 10.6 Å². The Hall–Kier alpha value is -3.44. The van der Waals surface area contributed by atoms with E-state index in [0.717, 1.165) is 32.5 Å². The molecule has 0 unspecified atom stereocenters. The van der Waals surface area contributed by atoms with Gasteiger partial charge in [-0.3, -0.25) is 4.79 Å². The number of nitrogens with zero attached hydrogens (tertiary/aromatic N) is 1. The maximum absolute atomic E-state index is 12.9. The quantitative estimate of drug-likeness (QED) is 0.431. The lowest BCUT2D eigenvalue weighted by Gasteiger charge is -2.12. The Morgan fingerprint density at radius 1 is 0.897 bits per heavy atom. The van der Waals surface area contributed by atoms with Gasteiger partial charge in [-0.15, -0.1) is 11.3 Å².